The number of aliphatic hydroxyl groups is 1. The van der Waals surface area contributed by atoms with Crippen molar-refractivity contribution < 1.29 is 5.11 Å². The average molecular weight is 353 g/mol. The fourth-order valence-corrected chi connectivity index (χ4v) is 1.29. The van der Waals surface area contributed by atoms with Crippen LogP contribution in [0.2, 0.25) is 0 Å². The Morgan fingerprint density at radius 1 is 0.640 bits per heavy atom. The lowest BCUT2D eigenvalue weighted by atomic mass is 10.1. The highest BCUT2D eigenvalue weighted by Crippen LogP contribution is 2.11. The molecular weight excluding hydrogens is 312 g/mol. The molecule has 0 aliphatic rings. The molecule has 0 radical (unpaired) electrons. The number of nitrogens with zero attached hydrogens (tertiary/aromatic N) is 4. The first-order valence-corrected chi connectivity index (χ1v) is 7.78. The first kappa shape index (κ1) is 34.2. The van der Waals surface area contributed by atoms with Gasteiger partial charge in [-0.05, 0) is 10.8 Å². The summed E-state index contributed by atoms with van der Waals surface area (Å²) < 4.78 is 0. The number of rotatable bonds is 2. The summed E-state index contributed by atoms with van der Waals surface area (Å²) in [6.45, 7) is 8.35. The van der Waals surface area contributed by atoms with Crippen LogP contribution in [-0.2, 0) is 0 Å². The van der Waals surface area contributed by atoms with Crippen LogP contribution in [0.4, 0.5) is 0 Å². The summed E-state index contributed by atoms with van der Waals surface area (Å²) in [5.74, 6) is 0. The molecule has 0 aliphatic heterocycles. The van der Waals surface area contributed by atoms with Gasteiger partial charge in [0, 0.05) is 21.2 Å². The van der Waals surface area contributed by atoms with Crippen molar-refractivity contribution in [3.63, 3.8) is 0 Å². The van der Waals surface area contributed by atoms with Crippen LogP contribution in [-0.4, -0.2) is 33.0 Å². The van der Waals surface area contributed by atoms with Gasteiger partial charge in [0.15, 0.2) is 6.67 Å². The van der Waals surface area contributed by atoms with Crippen molar-refractivity contribution in [3.8, 4) is 0 Å². The van der Waals surface area contributed by atoms with Gasteiger partial charge in [0.25, 0.3) is 0 Å². The Bertz CT molecular complexity index is 424. The van der Waals surface area contributed by atoms with Crippen LogP contribution >= 0.6 is 0 Å². The van der Waals surface area contributed by atoms with Gasteiger partial charge in [-0.1, -0.05) is 91.1 Å². The van der Waals surface area contributed by atoms with E-state index in [1.807, 2.05) is 27.7 Å². The van der Waals surface area contributed by atoms with Crippen molar-refractivity contribution in [1.82, 2.24) is 0 Å². The zero-order valence-corrected chi connectivity index (χ0v) is 15.6. The minimum atomic E-state index is 0. The quantitative estimate of drug-likeness (QED) is 0.588. The maximum Gasteiger partial charge on any atom is 0.170 e. The molecule has 2 aromatic rings. The molecule has 5 heteroatoms. The van der Waals surface area contributed by atoms with Gasteiger partial charge < -0.3 is 5.11 Å². The first-order valence-electron chi connectivity index (χ1n) is 7.78. The fourth-order valence-electron chi connectivity index (χ4n) is 1.29. The SMILES string of the molecule is C.C.CC.CC.CN=NCN=NC.CO.c1ccc2ccccc2c1. The molecule has 0 saturated heterocycles. The Morgan fingerprint density at radius 3 is 1.08 bits per heavy atom. The molecule has 0 spiro atoms. The summed E-state index contributed by atoms with van der Waals surface area (Å²) in [5.41, 5.74) is 0. The molecule has 0 aliphatic carbocycles. The van der Waals surface area contributed by atoms with Gasteiger partial charge in [0.05, 0.1) is 0 Å². The summed E-state index contributed by atoms with van der Waals surface area (Å²) in [6, 6.07) is 16.7. The lowest BCUT2D eigenvalue weighted by molar-refractivity contribution is 0.399. The van der Waals surface area contributed by atoms with Crippen molar-refractivity contribution in [2.75, 3.05) is 27.9 Å². The largest absolute Gasteiger partial charge is 0.400 e. The van der Waals surface area contributed by atoms with Gasteiger partial charge in [0.2, 0.25) is 0 Å². The standard InChI is InChI=1S/C10H8.C3H8N4.2C2H6.CH4O.2CH4/c1-2-6-10-8-4-3-7-9(10)5-1;1-4-6-3-7-5-2;3*1-2;;/h1-8H;3H2,1-2H3;2*1-2H3;2H,1H3;2*1H4. The van der Waals surface area contributed by atoms with Crippen LogP contribution in [0.3, 0.4) is 0 Å². The van der Waals surface area contributed by atoms with E-state index in [4.69, 9.17) is 5.11 Å². The molecule has 0 atom stereocenters. The first-order chi connectivity index (χ1) is 11.4. The Balaban J connectivity index is -0.0000000798. The molecule has 0 fully saturated rings. The average Bonchev–Trinajstić information content (AvgIpc) is 2.68. The van der Waals surface area contributed by atoms with Crippen molar-refractivity contribution in [2.45, 2.75) is 42.5 Å². The summed E-state index contributed by atoms with van der Waals surface area (Å²) in [7, 11) is 4.20. The predicted octanol–water partition coefficient (Wildman–Crippen LogP) is 6.88. The van der Waals surface area contributed by atoms with E-state index >= 15 is 0 Å². The van der Waals surface area contributed by atoms with Crippen molar-refractivity contribution in [3.05, 3.63) is 48.5 Å². The van der Waals surface area contributed by atoms with Crippen LogP contribution in [0, 0.1) is 0 Å². The Labute approximate surface area is 155 Å². The monoisotopic (exact) mass is 352 g/mol. The molecule has 0 unspecified atom stereocenters. The minimum Gasteiger partial charge on any atom is -0.400 e. The fraction of sp³-hybridized carbons (Fsp3) is 0.500. The molecule has 1 N–H and O–H groups in total. The molecule has 0 saturated carbocycles. The second-order valence-corrected chi connectivity index (χ2v) is 3.17. The van der Waals surface area contributed by atoms with Gasteiger partial charge >= 0.3 is 0 Å². The maximum atomic E-state index is 7.00. The Morgan fingerprint density at radius 2 is 0.880 bits per heavy atom. The van der Waals surface area contributed by atoms with E-state index in [2.05, 4.69) is 69.0 Å². The van der Waals surface area contributed by atoms with Crippen LogP contribution in [0.5, 0.6) is 0 Å². The molecule has 0 aromatic heterocycles. The molecule has 5 nitrogen and oxygen atoms in total. The van der Waals surface area contributed by atoms with Gasteiger partial charge in [-0.2, -0.15) is 20.5 Å². The molecule has 2 aromatic carbocycles. The molecular formula is C20H40N4O. The summed E-state index contributed by atoms with van der Waals surface area (Å²) in [4.78, 5) is 0. The second kappa shape index (κ2) is 33.5. The highest BCUT2D eigenvalue weighted by molar-refractivity contribution is 5.81. The van der Waals surface area contributed by atoms with E-state index in [0.717, 1.165) is 7.11 Å². The van der Waals surface area contributed by atoms with E-state index in [1.54, 1.807) is 14.1 Å². The van der Waals surface area contributed by atoms with Crippen molar-refractivity contribution in [2.24, 2.45) is 20.5 Å². The smallest absolute Gasteiger partial charge is 0.170 e. The topological polar surface area (TPSA) is 69.7 Å². The number of benzene rings is 2. The lowest BCUT2D eigenvalue weighted by Gasteiger charge is -1.92. The highest BCUT2D eigenvalue weighted by atomic mass is 16.2. The van der Waals surface area contributed by atoms with E-state index in [0.29, 0.717) is 6.67 Å². The Kier molecular flexibility index (Phi) is 45.8. The molecule has 2 rings (SSSR count). The zero-order valence-electron chi connectivity index (χ0n) is 15.6. The highest BCUT2D eigenvalue weighted by Gasteiger charge is 1.85. The lowest BCUT2D eigenvalue weighted by Crippen LogP contribution is -1.67. The zero-order chi connectivity index (χ0) is 18.3. The number of azo groups is 2. The molecule has 25 heavy (non-hydrogen) atoms. The van der Waals surface area contributed by atoms with E-state index in [1.165, 1.54) is 10.8 Å². The van der Waals surface area contributed by atoms with Crippen LogP contribution in [0.25, 0.3) is 10.8 Å². The Hall–Kier alpha value is -2.14. The van der Waals surface area contributed by atoms with Crippen molar-refractivity contribution in [1.29, 1.82) is 0 Å². The van der Waals surface area contributed by atoms with E-state index in [9.17, 15) is 0 Å². The van der Waals surface area contributed by atoms with Crippen LogP contribution in [0.1, 0.15) is 42.5 Å². The number of hydrogen-bond acceptors (Lipinski definition) is 5. The molecule has 146 valence electrons. The predicted molar refractivity (Wildman–Crippen MR) is 115 cm³/mol. The maximum absolute atomic E-state index is 7.00. The summed E-state index contributed by atoms with van der Waals surface area (Å²) >= 11 is 0. The van der Waals surface area contributed by atoms with Crippen LogP contribution in [0.15, 0.2) is 69.0 Å². The van der Waals surface area contributed by atoms with Gasteiger partial charge in [-0.25, -0.2) is 0 Å². The normalized spacial score (nSPS) is 8.00. The van der Waals surface area contributed by atoms with E-state index < -0.39 is 0 Å². The summed E-state index contributed by atoms with van der Waals surface area (Å²) in [5, 5.41) is 23.6. The van der Waals surface area contributed by atoms with Gasteiger partial charge in [0.1, 0.15) is 0 Å². The second-order valence-electron chi connectivity index (χ2n) is 3.17. The van der Waals surface area contributed by atoms with Gasteiger partial charge in [-0.15, -0.1) is 0 Å². The number of aliphatic hydroxyl groups excluding tert-OH is 1. The van der Waals surface area contributed by atoms with Crippen LogP contribution < -0.4 is 0 Å². The third-order valence-corrected chi connectivity index (χ3v) is 2.07. The van der Waals surface area contributed by atoms with Gasteiger partial charge in [-0.3, -0.25) is 0 Å². The molecule has 0 heterocycles. The third kappa shape index (κ3) is 21.9. The van der Waals surface area contributed by atoms with Crippen molar-refractivity contribution >= 4 is 10.8 Å². The number of fused-ring (bicyclic) bond motifs is 1. The molecule has 0 amide bonds. The number of hydrogen-bond donors (Lipinski definition) is 1. The summed E-state index contributed by atoms with van der Waals surface area (Å²) in [6.07, 6.45) is 0. The molecule has 0 bridgehead atoms. The van der Waals surface area contributed by atoms with E-state index in [-0.39, 0.29) is 14.9 Å². The third-order valence-electron chi connectivity index (χ3n) is 2.07. The minimum absolute atomic E-state index is 0.